The minimum absolute atomic E-state index is 0.302. The molecule has 7 nitrogen and oxygen atoms in total. The van der Waals surface area contributed by atoms with Crippen molar-refractivity contribution in [2.24, 2.45) is 0 Å². The molecule has 1 fully saturated rings. The predicted octanol–water partition coefficient (Wildman–Crippen LogP) is 2.82. The van der Waals surface area contributed by atoms with Crippen molar-refractivity contribution in [2.75, 3.05) is 26.3 Å². The fourth-order valence-corrected chi connectivity index (χ4v) is 4.05. The van der Waals surface area contributed by atoms with Crippen molar-refractivity contribution in [3.8, 4) is 5.69 Å². The molecule has 2 heterocycles. The van der Waals surface area contributed by atoms with Crippen LogP contribution in [0.15, 0.2) is 54.6 Å². The number of hydrogen-bond donors (Lipinski definition) is 1. The highest BCUT2D eigenvalue weighted by Gasteiger charge is 2.25. The molecule has 1 amide bonds. The van der Waals surface area contributed by atoms with E-state index in [4.69, 9.17) is 4.74 Å². The van der Waals surface area contributed by atoms with Crippen LogP contribution in [-0.2, 0) is 22.6 Å². The lowest BCUT2D eigenvalue weighted by Crippen LogP contribution is -2.36. The Hall–Kier alpha value is -3.29. The minimum atomic E-state index is -0.620. The largest absolute Gasteiger partial charge is 0.379 e. The summed E-state index contributed by atoms with van der Waals surface area (Å²) in [6.45, 7) is 7.93. The first-order chi connectivity index (χ1) is 15.5. The number of carbonyl (C=O) groups excluding carboxylic acids is 2. The van der Waals surface area contributed by atoms with Gasteiger partial charge in [-0.15, -0.1) is 0 Å². The van der Waals surface area contributed by atoms with Crippen LogP contribution in [-0.4, -0.2) is 52.7 Å². The first kappa shape index (κ1) is 21.9. The van der Waals surface area contributed by atoms with E-state index < -0.39 is 11.7 Å². The van der Waals surface area contributed by atoms with Crippen LogP contribution in [0.25, 0.3) is 5.69 Å². The number of nitrogens with one attached hydrogen (secondary N) is 1. The normalized spacial score (nSPS) is 14.3. The molecule has 0 bridgehead atoms. The molecule has 1 aliphatic rings. The van der Waals surface area contributed by atoms with Gasteiger partial charge in [0.15, 0.2) is 0 Å². The summed E-state index contributed by atoms with van der Waals surface area (Å²) < 4.78 is 7.12. The lowest BCUT2D eigenvalue weighted by Gasteiger charge is -2.27. The van der Waals surface area contributed by atoms with Gasteiger partial charge in [0.2, 0.25) is 0 Å². The van der Waals surface area contributed by atoms with Crippen LogP contribution < -0.4 is 5.32 Å². The number of hydrogen-bond acceptors (Lipinski definition) is 5. The molecule has 0 radical (unpaired) electrons. The molecule has 1 N–H and O–H groups in total. The zero-order chi connectivity index (χ0) is 22.5. The Bertz CT molecular complexity index is 1100. The van der Waals surface area contributed by atoms with Crippen LogP contribution in [0.5, 0.6) is 0 Å². The minimum Gasteiger partial charge on any atom is -0.379 e. The van der Waals surface area contributed by atoms with Crippen molar-refractivity contribution in [3.63, 3.8) is 0 Å². The quantitative estimate of drug-likeness (QED) is 0.459. The van der Waals surface area contributed by atoms with Gasteiger partial charge < -0.3 is 10.1 Å². The van der Waals surface area contributed by atoms with Crippen molar-refractivity contribution in [1.29, 1.82) is 0 Å². The average Bonchev–Trinajstić information content (AvgIpc) is 3.12. The molecular weight excluding hydrogens is 404 g/mol. The molecule has 0 atom stereocenters. The third-order valence-electron chi connectivity index (χ3n) is 5.78. The molecule has 166 valence electrons. The Kier molecular flexibility index (Phi) is 6.78. The number of benzene rings is 2. The predicted molar refractivity (Wildman–Crippen MR) is 122 cm³/mol. The third-order valence-corrected chi connectivity index (χ3v) is 5.78. The van der Waals surface area contributed by atoms with Gasteiger partial charge in [-0.25, -0.2) is 4.68 Å². The van der Waals surface area contributed by atoms with Crippen LogP contribution in [0.2, 0.25) is 0 Å². The Morgan fingerprint density at radius 2 is 1.62 bits per heavy atom. The van der Waals surface area contributed by atoms with E-state index in [9.17, 15) is 9.59 Å². The fraction of sp³-hybridized carbons (Fsp3) is 0.320. The van der Waals surface area contributed by atoms with E-state index in [0.717, 1.165) is 49.7 Å². The molecule has 0 spiro atoms. The highest BCUT2D eigenvalue weighted by molar-refractivity contribution is 6.43. The summed E-state index contributed by atoms with van der Waals surface area (Å²) in [5, 5.41) is 7.29. The maximum absolute atomic E-state index is 13.0. The summed E-state index contributed by atoms with van der Waals surface area (Å²) >= 11 is 0. The van der Waals surface area contributed by atoms with E-state index in [0.29, 0.717) is 23.5 Å². The molecule has 4 rings (SSSR count). The number of rotatable bonds is 7. The Labute approximate surface area is 188 Å². The summed E-state index contributed by atoms with van der Waals surface area (Å²) in [5.74, 6) is -1.18. The van der Waals surface area contributed by atoms with E-state index in [1.165, 1.54) is 0 Å². The Morgan fingerprint density at radius 3 is 2.34 bits per heavy atom. The summed E-state index contributed by atoms with van der Waals surface area (Å²) in [5.41, 5.74) is 4.55. The van der Waals surface area contributed by atoms with Crippen LogP contribution in [0.1, 0.15) is 32.9 Å². The van der Waals surface area contributed by atoms with Gasteiger partial charge in [0, 0.05) is 26.2 Å². The maximum atomic E-state index is 13.0. The van der Waals surface area contributed by atoms with Crippen molar-refractivity contribution in [2.45, 2.75) is 26.9 Å². The lowest BCUT2D eigenvalue weighted by molar-refractivity contribution is -0.117. The van der Waals surface area contributed by atoms with Crippen molar-refractivity contribution in [1.82, 2.24) is 20.0 Å². The Balaban J connectivity index is 1.45. The number of morpholine rings is 1. The molecule has 32 heavy (non-hydrogen) atoms. The number of nitrogens with zero attached hydrogens (tertiary/aromatic N) is 3. The monoisotopic (exact) mass is 432 g/mol. The average molecular weight is 433 g/mol. The Morgan fingerprint density at radius 1 is 0.969 bits per heavy atom. The SMILES string of the molecule is Cc1nn(-c2ccccc2)c(C)c1C(=O)C(=O)NCc1ccccc1CN1CCOCC1. The third kappa shape index (κ3) is 4.79. The molecule has 1 aliphatic heterocycles. The zero-order valence-corrected chi connectivity index (χ0v) is 18.5. The number of ketones is 1. The van der Waals surface area contributed by atoms with Gasteiger partial charge in [-0.3, -0.25) is 14.5 Å². The fourth-order valence-electron chi connectivity index (χ4n) is 4.05. The smallest absolute Gasteiger partial charge is 0.292 e. The molecule has 0 aliphatic carbocycles. The van der Waals surface area contributed by atoms with Gasteiger partial charge >= 0.3 is 0 Å². The molecule has 3 aromatic rings. The van der Waals surface area contributed by atoms with Gasteiger partial charge in [-0.2, -0.15) is 5.10 Å². The number of ether oxygens (including phenoxy) is 1. The van der Waals surface area contributed by atoms with Gasteiger partial charge in [0.1, 0.15) is 0 Å². The highest BCUT2D eigenvalue weighted by Crippen LogP contribution is 2.19. The topological polar surface area (TPSA) is 76.5 Å². The lowest BCUT2D eigenvalue weighted by atomic mass is 10.1. The summed E-state index contributed by atoms with van der Waals surface area (Å²) in [7, 11) is 0. The van der Waals surface area contributed by atoms with Gasteiger partial charge in [-0.1, -0.05) is 42.5 Å². The second-order valence-corrected chi connectivity index (χ2v) is 7.96. The zero-order valence-electron chi connectivity index (χ0n) is 18.5. The van der Waals surface area contributed by atoms with Gasteiger partial charge in [-0.05, 0) is 37.1 Å². The number of aromatic nitrogens is 2. The standard InChI is InChI=1S/C25H28N4O3/c1-18-23(19(2)29(27-18)22-10-4-3-5-11-22)24(30)25(31)26-16-20-8-6-7-9-21(20)17-28-12-14-32-15-13-28/h3-11H,12-17H2,1-2H3,(H,26,31). The van der Waals surface area contributed by atoms with Crippen LogP contribution in [0.4, 0.5) is 0 Å². The maximum Gasteiger partial charge on any atom is 0.292 e. The molecule has 7 heteroatoms. The van der Waals surface area contributed by atoms with E-state index in [2.05, 4.69) is 21.4 Å². The van der Waals surface area contributed by atoms with Crippen LogP contribution in [0, 0.1) is 13.8 Å². The molecule has 0 unspecified atom stereocenters. The molecule has 1 aromatic heterocycles. The van der Waals surface area contributed by atoms with Crippen LogP contribution in [0.3, 0.4) is 0 Å². The summed E-state index contributed by atoms with van der Waals surface area (Å²) in [4.78, 5) is 28.0. The number of amides is 1. The van der Waals surface area contributed by atoms with E-state index in [-0.39, 0.29) is 0 Å². The molecule has 1 saturated heterocycles. The molecule has 0 saturated carbocycles. The highest BCUT2D eigenvalue weighted by atomic mass is 16.5. The summed E-state index contributed by atoms with van der Waals surface area (Å²) in [6, 6.07) is 17.6. The molecular formula is C25H28N4O3. The van der Waals surface area contributed by atoms with E-state index in [1.807, 2.05) is 55.5 Å². The van der Waals surface area contributed by atoms with E-state index in [1.54, 1.807) is 11.6 Å². The molecule has 2 aromatic carbocycles. The van der Waals surface area contributed by atoms with Crippen molar-refractivity contribution >= 4 is 11.7 Å². The number of aryl methyl sites for hydroxylation is 1. The van der Waals surface area contributed by atoms with Gasteiger partial charge in [0.05, 0.1) is 35.9 Å². The second kappa shape index (κ2) is 9.89. The van der Waals surface area contributed by atoms with E-state index >= 15 is 0 Å². The van der Waals surface area contributed by atoms with Crippen molar-refractivity contribution < 1.29 is 14.3 Å². The number of carbonyl (C=O) groups is 2. The second-order valence-electron chi connectivity index (χ2n) is 7.96. The van der Waals surface area contributed by atoms with Crippen LogP contribution >= 0.6 is 0 Å². The number of para-hydroxylation sites is 1. The van der Waals surface area contributed by atoms with Gasteiger partial charge in [0.25, 0.3) is 11.7 Å². The first-order valence-corrected chi connectivity index (χ1v) is 10.9. The first-order valence-electron chi connectivity index (χ1n) is 10.9. The van der Waals surface area contributed by atoms with Crippen molar-refractivity contribution in [3.05, 3.63) is 82.7 Å². The number of Topliss-reactive ketones (excluding diaryl/α,β-unsaturated/α-hetero) is 1. The summed E-state index contributed by atoms with van der Waals surface area (Å²) in [6.07, 6.45) is 0.